The van der Waals surface area contributed by atoms with E-state index in [1.807, 2.05) is 16.5 Å². The van der Waals surface area contributed by atoms with Crippen molar-refractivity contribution in [2.45, 2.75) is 49.8 Å². The maximum absolute atomic E-state index is 12.6. The molecule has 8 nitrogen and oxygen atoms in total. The van der Waals surface area contributed by atoms with Crippen molar-refractivity contribution in [2.75, 3.05) is 12.8 Å². The lowest BCUT2D eigenvalue weighted by Gasteiger charge is -2.31. The molecule has 154 valence electrons. The number of hydrogen-bond donors (Lipinski definition) is 0. The van der Waals surface area contributed by atoms with Crippen LogP contribution in [0.1, 0.15) is 32.1 Å². The second-order valence-electron chi connectivity index (χ2n) is 7.09. The van der Waals surface area contributed by atoms with Crippen molar-refractivity contribution in [3.8, 4) is 11.4 Å². The van der Waals surface area contributed by atoms with Gasteiger partial charge in [-0.2, -0.15) is 0 Å². The fourth-order valence-electron chi connectivity index (χ4n) is 3.54. The topological polar surface area (TPSA) is 94.2 Å². The lowest BCUT2D eigenvalue weighted by atomic mass is 9.94. The third kappa shape index (κ3) is 5.03. The van der Waals surface area contributed by atoms with Gasteiger partial charge in [0.15, 0.2) is 11.0 Å². The zero-order valence-electron chi connectivity index (χ0n) is 16.5. The molecule has 0 radical (unpaired) electrons. The Morgan fingerprint density at radius 1 is 1.31 bits per heavy atom. The highest BCUT2D eigenvalue weighted by molar-refractivity contribution is 7.99. The summed E-state index contributed by atoms with van der Waals surface area (Å²) in [4.78, 5) is 24.9. The van der Waals surface area contributed by atoms with Crippen molar-refractivity contribution in [1.29, 1.82) is 0 Å². The number of non-ortho nitro benzene ring substituents is 1. The predicted octanol–water partition coefficient (Wildman–Crippen LogP) is 3.92. The summed E-state index contributed by atoms with van der Waals surface area (Å²) in [5, 5.41) is 20.0. The summed E-state index contributed by atoms with van der Waals surface area (Å²) < 4.78 is 1.87. The van der Waals surface area contributed by atoms with Crippen LogP contribution in [0.2, 0.25) is 0 Å². The second-order valence-corrected chi connectivity index (χ2v) is 8.04. The van der Waals surface area contributed by atoms with Crippen LogP contribution in [0.5, 0.6) is 0 Å². The molecule has 0 atom stereocenters. The molecule has 1 aliphatic rings. The van der Waals surface area contributed by atoms with Crippen LogP contribution < -0.4 is 0 Å². The van der Waals surface area contributed by atoms with Gasteiger partial charge in [-0.05, 0) is 25.0 Å². The average molecular weight is 416 g/mol. The smallest absolute Gasteiger partial charge is 0.269 e. The molecule has 1 aromatic heterocycles. The van der Waals surface area contributed by atoms with Crippen LogP contribution >= 0.6 is 11.8 Å². The molecule has 29 heavy (non-hydrogen) atoms. The van der Waals surface area contributed by atoms with Gasteiger partial charge in [0.25, 0.3) is 5.69 Å². The van der Waals surface area contributed by atoms with E-state index in [2.05, 4.69) is 16.8 Å². The molecule has 0 bridgehead atoms. The highest BCUT2D eigenvalue weighted by atomic mass is 32.2. The molecule has 1 fully saturated rings. The SMILES string of the molecule is C=CCn1c(SCC(=O)N(C)C2CCCCC2)nnc1-c1ccc([N+](=O)[O-])cc1. The molecule has 0 saturated heterocycles. The number of hydrogen-bond acceptors (Lipinski definition) is 6. The van der Waals surface area contributed by atoms with Crippen molar-refractivity contribution in [1.82, 2.24) is 19.7 Å². The predicted molar refractivity (Wildman–Crippen MR) is 113 cm³/mol. The summed E-state index contributed by atoms with van der Waals surface area (Å²) in [7, 11) is 1.88. The second kappa shape index (κ2) is 9.69. The molecular weight excluding hydrogens is 390 g/mol. The van der Waals surface area contributed by atoms with Gasteiger partial charge in [-0.25, -0.2) is 0 Å². The van der Waals surface area contributed by atoms with Crippen LogP contribution in [0.15, 0.2) is 42.1 Å². The van der Waals surface area contributed by atoms with Gasteiger partial charge in [0.05, 0.1) is 10.7 Å². The van der Waals surface area contributed by atoms with E-state index in [-0.39, 0.29) is 11.6 Å². The normalized spacial score (nSPS) is 14.5. The van der Waals surface area contributed by atoms with Crippen LogP contribution in [-0.4, -0.2) is 49.3 Å². The minimum Gasteiger partial charge on any atom is -0.342 e. The van der Waals surface area contributed by atoms with Crippen LogP contribution in [0, 0.1) is 10.1 Å². The van der Waals surface area contributed by atoms with Crippen molar-refractivity contribution in [3.63, 3.8) is 0 Å². The number of amides is 1. The van der Waals surface area contributed by atoms with Gasteiger partial charge in [-0.3, -0.25) is 19.5 Å². The number of aromatic nitrogens is 3. The lowest BCUT2D eigenvalue weighted by molar-refractivity contribution is -0.384. The third-order valence-corrected chi connectivity index (χ3v) is 6.16. The largest absolute Gasteiger partial charge is 0.342 e. The summed E-state index contributed by atoms with van der Waals surface area (Å²) in [6.07, 6.45) is 7.50. The highest BCUT2D eigenvalue weighted by Crippen LogP contribution is 2.27. The van der Waals surface area contributed by atoms with Crippen molar-refractivity contribution < 1.29 is 9.72 Å². The molecule has 1 saturated carbocycles. The first-order valence-electron chi connectivity index (χ1n) is 9.68. The van der Waals surface area contributed by atoms with E-state index in [1.54, 1.807) is 18.2 Å². The number of nitro benzene ring substituents is 1. The number of allylic oxidation sites excluding steroid dienone is 1. The molecule has 0 aliphatic heterocycles. The van der Waals surface area contributed by atoms with E-state index in [0.717, 1.165) is 18.4 Å². The Balaban J connectivity index is 1.71. The maximum atomic E-state index is 12.6. The Morgan fingerprint density at radius 2 is 2.00 bits per heavy atom. The number of carbonyl (C=O) groups is 1. The van der Waals surface area contributed by atoms with Gasteiger partial charge in [-0.15, -0.1) is 16.8 Å². The zero-order chi connectivity index (χ0) is 20.8. The molecule has 2 aromatic rings. The van der Waals surface area contributed by atoms with Gasteiger partial charge >= 0.3 is 0 Å². The van der Waals surface area contributed by atoms with Crippen LogP contribution in [0.4, 0.5) is 5.69 Å². The van der Waals surface area contributed by atoms with E-state index in [9.17, 15) is 14.9 Å². The number of nitrogens with zero attached hydrogens (tertiary/aromatic N) is 5. The molecule has 1 amide bonds. The lowest BCUT2D eigenvalue weighted by Crippen LogP contribution is -2.39. The average Bonchev–Trinajstić information content (AvgIpc) is 3.15. The summed E-state index contributed by atoms with van der Waals surface area (Å²) in [6, 6.07) is 6.52. The van der Waals surface area contributed by atoms with Gasteiger partial charge in [0.1, 0.15) is 0 Å². The molecule has 0 spiro atoms. The Kier molecular flexibility index (Phi) is 7.03. The summed E-state index contributed by atoms with van der Waals surface area (Å²) in [5.74, 6) is 0.977. The summed E-state index contributed by atoms with van der Waals surface area (Å²) in [5.41, 5.74) is 0.747. The van der Waals surface area contributed by atoms with E-state index >= 15 is 0 Å². The number of benzene rings is 1. The number of nitro groups is 1. The summed E-state index contributed by atoms with van der Waals surface area (Å²) in [6.45, 7) is 4.26. The monoisotopic (exact) mass is 415 g/mol. The Hall–Kier alpha value is -2.68. The standard InChI is InChI=1S/C20H25N5O3S/c1-3-13-24-19(15-9-11-17(12-10-15)25(27)28)21-22-20(24)29-14-18(26)23(2)16-7-5-4-6-8-16/h3,9-12,16H,1,4-8,13-14H2,2H3. The Morgan fingerprint density at radius 3 is 2.62 bits per heavy atom. The molecule has 0 unspecified atom stereocenters. The van der Waals surface area contributed by atoms with E-state index < -0.39 is 4.92 Å². The van der Waals surface area contributed by atoms with Crippen molar-refractivity contribution >= 4 is 23.4 Å². The van der Waals surface area contributed by atoms with Crippen molar-refractivity contribution in [3.05, 3.63) is 47.0 Å². The minimum atomic E-state index is -0.437. The summed E-state index contributed by atoms with van der Waals surface area (Å²) >= 11 is 1.35. The quantitative estimate of drug-likeness (QED) is 0.281. The van der Waals surface area contributed by atoms with Crippen LogP contribution in [-0.2, 0) is 11.3 Å². The minimum absolute atomic E-state index is 0.0227. The highest BCUT2D eigenvalue weighted by Gasteiger charge is 2.23. The third-order valence-electron chi connectivity index (χ3n) is 5.21. The molecule has 1 heterocycles. The van der Waals surface area contributed by atoms with Gasteiger partial charge < -0.3 is 4.90 Å². The fraction of sp³-hybridized carbons (Fsp3) is 0.450. The van der Waals surface area contributed by atoms with Crippen molar-refractivity contribution in [2.24, 2.45) is 0 Å². The van der Waals surface area contributed by atoms with E-state index in [4.69, 9.17) is 0 Å². The first kappa shape index (κ1) is 21.0. The molecule has 1 aromatic carbocycles. The van der Waals surface area contributed by atoms with E-state index in [0.29, 0.717) is 29.3 Å². The first-order chi connectivity index (χ1) is 14.0. The molecular formula is C20H25N5O3S. The Labute approximate surface area is 174 Å². The first-order valence-corrected chi connectivity index (χ1v) is 10.7. The van der Waals surface area contributed by atoms with Crippen LogP contribution in [0.3, 0.4) is 0 Å². The molecule has 1 aliphatic carbocycles. The number of carbonyl (C=O) groups excluding carboxylic acids is 1. The van der Waals surface area contributed by atoms with E-state index in [1.165, 1.54) is 43.2 Å². The van der Waals surface area contributed by atoms with Gasteiger partial charge in [0, 0.05) is 37.3 Å². The molecule has 0 N–H and O–H groups in total. The molecule has 3 rings (SSSR count). The Bertz CT molecular complexity index is 875. The fourth-order valence-corrected chi connectivity index (χ4v) is 4.41. The maximum Gasteiger partial charge on any atom is 0.269 e. The molecule has 9 heteroatoms. The van der Waals surface area contributed by atoms with Crippen LogP contribution in [0.25, 0.3) is 11.4 Å². The number of rotatable bonds is 8. The van der Waals surface area contributed by atoms with Gasteiger partial charge in [-0.1, -0.05) is 37.1 Å². The zero-order valence-corrected chi connectivity index (χ0v) is 17.3. The van der Waals surface area contributed by atoms with Gasteiger partial charge in [0.2, 0.25) is 5.91 Å². The number of thioether (sulfide) groups is 1.